The molecule has 1 amide bonds. The van der Waals surface area contributed by atoms with E-state index in [1.165, 1.54) is 13.1 Å². The molecule has 2 aromatic rings. The highest BCUT2D eigenvalue weighted by molar-refractivity contribution is 7.89. The lowest BCUT2D eigenvalue weighted by atomic mass is 10.1. The highest BCUT2D eigenvalue weighted by Crippen LogP contribution is 2.20. The number of carbonyl (C=O) groups excluding carboxylic acids is 1. The number of aromatic nitrogens is 1. The quantitative estimate of drug-likeness (QED) is 0.864. The molecule has 0 atom stereocenters. The minimum atomic E-state index is -3.58. The molecule has 8 heteroatoms. The van der Waals surface area contributed by atoms with E-state index in [9.17, 15) is 13.2 Å². The van der Waals surface area contributed by atoms with Crippen LogP contribution >= 0.6 is 0 Å². The van der Waals surface area contributed by atoms with Crippen molar-refractivity contribution < 1.29 is 17.7 Å². The van der Waals surface area contributed by atoms with Gasteiger partial charge in [-0.3, -0.25) is 4.79 Å². The molecule has 0 saturated carbocycles. The second-order valence-corrected chi connectivity index (χ2v) is 7.07. The van der Waals surface area contributed by atoms with Crippen LogP contribution in [0.2, 0.25) is 0 Å². The smallest absolute Gasteiger partial charge is 0.240 e. The first-order chi connectivity index (χ1) is 10.7. The maximum absolute atomic E-state index is 12.2. The average molecular weight is 337 g/mol. The number of hydrogen-bond donors (Lipinski definition) is 2. The molecule has 23 heavy (non-hydrogen) atoms. The van der Waals surface area contributed by atoms with Gasteiger partial charge >= 0.3 is 0 Å². The van der Waals surface area contributed by atoms with E-state index in [1.54, 1.807) is 32.9 Å². The molecule has 0 radical (unpaired) electrons. The molecule has 1 aromatic carbocycles. The Morgan fingerprint density at radius 3 is 2.52 bits per heavy atom. The molecule has 0 fully saturated rings. The zero-order valence-corrected chi connectivity index (χ0v) is 14.2. The molecular formula is C15H19N3O4S. The van der Waals surface area contributed by atoms with Gasteiger partial charge in [0.2, 0.25) is 15.9 Å². The first-order valence-electron chi connectivity index (χ1n) is 7.00. The van der Waals surface area contributed by atoms with Gasteiger partial charge in [-0.1, -0.05) is 11.2 Å². The standard InChI is InChI=1S/C15H19N3O4S/c1-9-5-6-12(7-14(9)23(20,21)16-4)17-15(19)8-13-10(2)18-22-11(13)3/h5-7,16H,8H2,1-4H3,(H,17,19). The zero-order valence-electron chi connectivity index (χ0n) is 13.4. The zero-order chi connectivity index (χ0) is 17.2. The summed E-state index contributed by atoms with van der Waals surface area (Å²) in [7, 11) is -2.23. The molecule has 0 spiro atoms. The number of aryl methyl sites for hydroxylation is 3. The first kappa shape index (κ1) is 17.2. The van der Waals surface area contributed by atoms with E-state index in [4.69, 9.17) is 4.52 Å². The van der Waals surface area contributed by atoms with E-state index in [-0.39, 0.29) is 17.2 Å². The highest BCUT2D eigenvalue weighted by atomic mass is 32.2. The minimum Gasteiger partial charge on any atom is -0.361 e. The summed E-state index contributed by atoms with van der Waals surface area (Å²) in [5.41, 5.74) is 2.42. The third kappa shape index (κ3) is 3.77. The summed E-state index contributed by atoms with van der Waals surface area (Å²) in [6.45, 7) is 5.20. The van der Waals surface area contributed by atoms with Crippen molar-refractivity contribution in [1.29, 1.82) is 0 Å². The SMILES string of the molecule is CNS(=O)(=O)c1cc(NC(=O)Cc2c(C)noc2C)ccc1C. The lowest BCUT2D eigenvalue weighted by molar-refractivity contribution is -0.115. The lowest BCUT2D eigenvalue weighted by Crippen LogP contribution is -2.20. The van der Waals surface area contributed by atoms with Gasteiger partial charge in [0.25, 0.3) is 0 Å². The molecule has 0 saturated heterocycles. The predicted molar refractivity (Wildman–Crippen MR) is 85.7 cm³/mol. The normalized spacial score (nSPS) is 11.5. The van der Waals surface area contributed by atoms with Gasteiger partial charge in [0, 0.05) is 11.3 Å². The molecule has 0 aliphatic rings. The van der Waals surface area contributed by atoms with Gasteiger partial charge in [0.05, 0.1) is 17.0 Å². The van der Waals surface area contributed by atoms with E-state index in [0.29, 0.717) is 22.7 Å². The Hall–Kier alpha value is -2.19. The van der Waals surface area contributed by atoms with Crippen LogP contribution in [0.15, 0.2) is 27.6 Å². The molecule has 0 aliphatic heterocycles. The van der Waals surface area contributed by atoms with Crippen LogP contribution < -0.4 is 10.0 Å². The maximum Gasteiger partial charge on any atom is 0.240 e. The van der Waals surface area contributed by atoms with E-state index < -0.39 is 10.0 Å². The molecule has 0 aliphatic carbocycles. The van der Waals surface area contributed by atoms with Crippen LogP contribution in [0.25, 0.3) is 0 Å². The van der Waals surface area contributed by atoms with E-state index in [1.807, 2.05) is 0 Å². The number of benzene rings is 1. The van der Waals surface area contributed by atoms with Crippen molar-refractivity contribution in [2.24, 2.45) is 0 Å². The topological polar surface area (TPSA) is 101 Å². The number of anilines is 1. The molecule has 1 heterocycles. The van der Waals surface area contributed by atoms with Gasteiger partial charge < -0.3 is 9.84 Å². The fraction of sp³-hybridized carbons (Fsp3) is 0.333. The van der Waals surface area contributed by atoms with Gasteiger partial charge in [-0.05, 0) is 45.5 Å². The summed E-state index contributed by atoms with van der Waals surface area (Å²) in [6, 6.07) is 4.75. The summed E-state index contributed by atoms with van der Waals surface area (Å²) < 4.78 is 31.2. The van der Waals surface area contributed by atoms with Crippen molar-refractivity contribution in [3.05, 3.63) is 40.8 Å². The monoisotopic (exact) mass is 337 g/mol. The second-order valence-electron chi connectivity index (χ2n) is 5.22. The fourth-order valence-corrected chi connectivity index (χ4v) is 3.19. The number of rotatable bonds is 5. The maximum atomic E-state index is 12.2. The number of sulfonamides is 1. The van der Waals surface area contributed by atoms with E-state index in [2.05, 4.69) is 15.2 Å². The predicted octanol–water partition coefficient (Wildman–Crippen LogP) is 1.69. The molecule has 0 unspecified atom stereocenters. The largest absolute Gasteiger partial charge is 0.361 e. The first-order valence-corrected chi connectivity index (χ1v) is 8.48. The van der Waals surface area contributed by atoms with Crippen molar-refractivity contribution in [1.82, 2.24) is 9.88 Å². The average Bonchev–Trinajstić information content (AvgIpc) is 2.81. The molecule has 2 N–H and O–H groups in total. The Kier molecular flexibility index (Phi) is 4.86. The van der Waals surface area contributed by atoms with Crippen molar-refractivity contribution in [3.63, 3.8) is 0 Å². The fourth-order valence-electron chi connectivity index (χ4n) is 2.20. The third-order valence-electron chi connectivity index (χ3n) is 3.55. The van der Waals surface area contributed by atoms with Crippen LogP contribution in [0, 0.1) is 20.8 Å². The van der Waals surface area contributed by atoms with Crippen LogP contribution in [0.4, 0.5) is 5.69 Å². The van der Waals surface area contributed by atoms with E-state index in [0.717, 1.165) is 5.56 Å². The molecule has 0 bridgehead atoms. The van der Waals surface area contributed by atoms with Crippen molar-refractivity contribution >= 4 is 21.6 Å². The van der Waals surface area contributed by atoms with Gasteiger partial charge in [-0.25, -0.2) is 13.1 Å². The van der Waals surface area contributed by atoms with Crippen molar-refractivity contribution in [2.75, 3.05) is 12.4 Å². The van der Waals surface area contributed by atoms with Crippen LogP contribution in [0.5, 0.6) is 0 Å². The van der Waals surface area contributed by atoms with Gasteiger partial charge in [0.15, 0.2) is 0 Å². The Morgan fingerprint density at radius 1 is 1.26 bits per heavy atom. The molecular weight excluding hydrogens is 318 g/mol. The third-order valence-corrected chi connectivity index (χ3v) is 5.11. The highest BCUT2D eigenvalue weighted by Gasteiger charge is 2.17. The molecule has 124 valence electrons. The summed E-state index contributed by atoms with van der Waals surface area (Å²) in [5, 5.41) is 6.50. The Bertz CT molecular complexity index is 821. The van der Waals surface area contributed by atoms with E-state index >= 15 is 0 Å². The Labute approximate surface area is 135 Å². The van der Waals surface area contributed by atoms with Crippen molar-refractivity contribution in [3.8, 4) is 0 Å². The lowest BCUT2D eigenvalue weighted by Gasteiger charge is -2.10. The Morgan fingerprint density at radius 2 is 1.96 bits per heavy atom. The number of carbonyl (C=O) groups is 1. The Balaban J connectivity index is 2.21. The summed E-state index contributed by atoms with van der Waals surface area (Å²) in [6.07, 6.45) is 0.114. The number of nitrogens with zero attached hydrogens (tertiary/aromatic N) is 1. The van der Waals surface area contributed by atoms with Crippen LogP contribution in [-0.4, -0.2) is 26.5 Å². The molecule has 1 aromatic heterocycles. The van der Waals surface area contributed by atoms with Gasteiger partial charge in [-0.2, -0.15) is 0 Å². The summed E-state index contributed by atoms with van der Waals surface area (Å²) in [4.78, 5) is 12.3. The van der Waals surface area contributed by atoms with Crippen LogP contribution in [0.3, 0.4) is 0 Å². The van der Waals surface area contributed by atoms with Crippen LogP contribution in [0.1, 0.15) is 22.6 Å². The minimum absolute atomic E-state index is 0.114. The number of nitrogens with one attached hydrogen (secondary N) is 2. The molecule has 7 nitrogen and oxygen atoms in total. The number of hydrogen-bond acceptors (Lipinski definition) is 5. The second kappa shape index (κ2) is 6.51. The molecule has 2 rings (SSSR count). The van der Waals surface area contributed by atoms with Crippen molar-refractivity contribution in [2.45, 2.75) is 32.1 Å². The van der Waals surface area contributed by atoms with Crippen LogP contribution in [-0.2, 0) is 21.2 Å². The summed E-state index contributed by atoms with van der Waals surface area (Å²) >= 11 is 0. The number of amides is 1. The van der Waals surface area contributed by atoms with Gasteiger partial charge in [-0.15, -0.1) is 0 Å². The van der Waals surface area contributed by atoms with Gasteiger partial charge in [0.1, 0.15) is 5.76 Å². The summed E-state index contributed by atoms with van der Waals surface area (Å²) in [5.74, 6) is 0.330.